The molecule has 0 saturated heterocycles. The molecule has 27 heavy (non-hydrogen) atoms. The Morgan fingerprint density at radius 2 is 2.00 bits per heavy atom. The SMILES string of the molecule is CN1C(=O)[C@](O)(CC(=O)[C@@H]2CCc3ccccc3C2=O)c2cc(Cl)ccc21. The van der Waals surface area contributed by atoms with Crippen LogP contribution in [0.2, 0.25) is 5.02 Å². The summed E-state index contributed by atoms with van der Waals surface area (Å²) in [7, 11) is 1.54. The molecule has 2 aromatic carbocycles. The minimum Gasteiger partial charge on any atom is -0.375 e. The molecule has 0 bridgehead atoms. The third-order valence-electron chi connectivity index (χ3n) is 5.54. The third-order valence-corrected chi connectivity index (χ3v) is 5.78. The van der Waals surface area contributed by atoms with Gasteiger partial charge in [0.1, 0.15) is 5.78 Å². The van der Waals surface area contributed by atoms with Crippen LogP contribution in [0.15, 0.2) is 42.5 Å². The van der Waals surface area contributed by atoms with Crippen LogP contribution < -0.4 is 4.90 Å². The number of anilines is 1. The lowest BCUT2D eigenvalue weighted by Gasteiger charge is -2.26. The zero-order chi connectivity index (χ0) is 19.3. The molecule has 1 N–H and O–H groups in total. The standard InChI is InChI=1S/C21H18ClNO4/c1-23-17-9-7-13(22)10-16(17)21(27,20(23)26)11-18(24)15-8-6-12-4-2-3-5-14(12)19(15)25/h2-5,7,9-10,15,27H,6,8,11H2,1H3/t15-,21-/m0/s1. The number of hydrogen-bond acceptors (Lipinski definition) is 4. The highest BCUT2D eigenvalue weighted by Gasteiger charge is 2.51. The van der Waals surface area contributed by atoms with Gasteiger partial charge in [-0.3, -0.25) is 14.4 Å². The van der Waals surface area contributed by atoms with Gasteiger partial charge >= 0.3 is 0 Å². The topological polar surface area (TPSA) is 74.7 Å². The average Bonchev–Trinajstić information content (AvgIpc) is 2.83. The van der Waals surface area contributed by atoms with Gasteiger partial charge in [0.05, 0.1) is 11.6 Å². The van der Waals surface area contributed by atoms with Gasteiger partial charge in [-0.1, -0.05) is 35.9 Å². The van der Waals surface area contributed by atoms with E-state index in [2.05, 4.69) is 0 Å². The predicted molar refractivity (Wildman–Crippen MR) is 101 cm³/mol. The number of halogens is 1. The predicted octanol–water partition coefficient (Wildman–Crippen LogP) is 2.91. The molecule has 2 atom stereocenters. The first-order chi connectivity index (χ1) is 12.8. The van der Waals surface area contributed by atoms with E-state index in [9.17, 15) is 19.5 Å². The zero-order valence-corrected chi connectivity index (χ0v) is 15.5. The van der Waals surface area contributed by atoms with Gasteiger partial charge in [-0.2, -0.15) is 0 Å². The van der Waals surface area contributed by atoms with Gasteiger partial charge in [-0.05, 0) is 36.6 Å². The summed E-state index contributed by atoms with van der Waals surface area (Å²) in [4.78, 5) is 39.7. The molecule has 0 radical (unpaired) electrons. The lowest BCUT2D eigenvalue weighted by atomic mass is 9.77. The van der Waals surface area contributed by atoms with Crippen molar-refractivity contribution < 1.29 is 19.5 Å². The van der Waals surface area contributed by atoms with E-state index >= 15 is 0 Å². The molecule has 1 amide bonds. The van der Waals surface area contributed by atoms with Gasteiger partial charge in [0.2, 0.25) is 0 Å². The number of hydrogen-bond donors (Lipinski definition) is 1. The molecule has 2 aliphatic rings. The van der Waals surface area contributed by atoms with Crippen LogP contribution in [0.1, 0.15) is 34.3 Å². The van der Waals surface area contributed by atoms with E-state index in [0.29, 0.717) is 34.7 Å². The smallest absolute Gasteiger partial charge is 0.263 e. The van der Waals surface area contributed by atoms with Gasteiger partial charge in [0.15, 0.2) is 11.4 Å². The molecule has 1 aliphatic heterocycles. The van der Waals surface area contributed by atoms with E-state index in [1.54, 1.807) is 31.3 Å². The summed E-state index contributed by atoms with van der Waals surface area (Å²) >= 11 is 6.03. The highest BCUT2D eigenvalue weighted by atomic mass is 35.5. The Morgan fingerprint density at radius 1 is 1.26 bits per heavy atom. The van der Waals surface area contributed by atoms with E-state index in [-0.39, 0.29) is 5.78 Å². The van der Waals surface area contributed by atoms with Crippen molar-refractivity contribution in [2.24, 2.45) is 5.92 Å². The van der Waals surface area contributed by atoms with E-state index in [4.69, 9.17) is 11.6 Å². The number of likely N-dealkylation sites (N-methyl/N-ethyl adjacent to an activating group) is 1. The minimum atomic E-state index is -2.00. The van der Waals surface area contributed by atoms with Crippen molar-refractivity contribution in [3.63, 3.8) is 0 Å². The fourth-order valence-electron chi connectivity index (χ4n) is 4.08. The van der Waals surface area contributed by atoms with Gasteiger partial charge in [-0.15, -0.1) is 0 Å². The first-order valence-electron chi connectivity index (χ1n) is 8.78. The first kappa shape index (κ1) is 17.9. The molecule has 0 unspecified atom stereocenters. The number of amides is 1. The van der Waals surface area contributed by atoms with Crippen molar-refractivity contribution in [2.75, 3.05) is 11.9 Å². The highest BCUT2D eigenvalue weighted by Crippen LogP contribution is 2.43. The Bertz CT molecular complexity index is 986. The number of aryl methyl sites for hydroxylation is 1. The van der Waals surface area contributed by atoms with Crippen LogP contribution in [0.25, 0.3) is 0 Å². The number of Topliss-reactive ketones (excluding diaryl/α,β-unsaturated/α-hetero) is 2. The second kappa shape index (κ2) is 6.29. The highest BCUT2D eigenvalue weighted by molar-refractivity contribution is 6.31. The fraction of sp³-hybridized carbons (Fsp3) is 0.286. The first-order valence-corrected chi connectivity index (χ1v) is 9.16. The molecule has 5 nitrogen and oxygen atoms in total. The van der Waals surface area contributed by atoms with Crippen LogP contribution in [0.5, 0.6) is 0 Å². The molecule has 1 heterocycles. The molecule has 1 aliphatic carbocycles. The van der Waals surface area contributed by atoms with Crippen LogP contribution in [-0.4, -0.2) is 29.6 Å². The Hall–Kier alpha value is -2.50. The van der Waals surface area contributed by atoms with Gasteiger partial charge in [-0.25, -0.2) is 0 Å². The van der Waals surface area contributed by atoms with Gasteiger partial charge < -0.3 is 10.0 Å². The van der Waals surface area contributed by atoms with Crippen LogP contribution in [-0.2, 0) is 21.6 Å². The zero-order valence-electron chi connectivity index (χ0n) is 14.7. The molecular formula is C21H18ClNO4. The molecule has 0 aromatic heterocycles. The lowest BCUT2D eigenvalue weighted by molar-refractivity contribution is -0.142. The van der Waals surface area contributed by atoms with Gasteiger partial charge in [0, 0.05) is 29.6 Å². The summed E-state index contributed by atoms with van der Waals surface area (Å²) in [5.74, 6) is -2.09. The normalized spacial score (nSPS) is 24.0. The number of nitrogens with zero attached hydrogens (tertiary/aromatic N) is 1. The van der Waals surface area contributed by atoms with Crippen molar-refractivity contribution in [1.82, 2.24) is 0 Å². The Kier molecular flexibility index (Phi) is 4.17. The molecule has 6 heteroatoms. The second-order valence-corrected chi connectivity index (χ2v) is 7.58. The van der Waals surface area contributed by atoms with Crippen molar-refractivity contribution in [2.45, 2.75) is 24.9 Å². The van der Waals surface area contributed by atoms with Crippen molar-refractivity contribution in [3.05, 3.63) is 64.2 Å². The lowest BCUT2D eigenvalue weighted by Crippen LogP contribution is -2.42. The summed E-state index contributed by atoms with van der Waals surface area (Å²) in [6, 6.07) is 12.0. The summed E-state index contributed by atoms with van der Waals surface area (Å²) in [5.41, 5.74) is 0.300. The average molecular weight is 384 g/mol. The summed E-state index contributed by atoms with van der Waals surface area (Å²) in [6.45, 7) is 0. The third kappa shape index (κ3) is 2.69. The van der Waals surface area contributed by atoms with Gasteiger partial charge in [0.25, 0.3) is 5.91 Å². The maximum Gasteiger partial charge on any atom is 0.263 e. The number of ketones is 2. The number of fused-ring (bicyclic) bond motifs is 2. The molecule has 138 valence electrons. The Morgan fingerprint density at radius 3 is 2.78 bits per heavy atom. The quantitative estimate of drug-likeness (QED) is 0.827. The molecule has 2 aromatic rings. The summed E-state index contributed by atoms with van der Waals surface area (Å²) < 4.78 is 0. The molecule has 4 rings (SSSR count). The summed E-state index contributed by atoms with van der Waals surface area (Å²) in [6.07, 6.45) is 0.562. The number of carbonyl (C=O) groups is 3. The van der Waals surface area contributed by atoms with Crippen molar-refractivity contribution >= 4 is 34.8 Å². The largest absolute Gasteiger partial charge is 0.375 e. The monoisotopic (exact) mass is 383 g/mol. The maximum absolute atomic E-state index is 12.9. The van der Waals surface area contributed by atoms with Crippen LogP contribution >= 0.6 is 11.6 Å². The molecule has 0 saturated carbocycles. The van der Waals surface area contributed by atoms with Crippen molar-refractivity contribution in [1.29, 1.82) is 0 Å². The van der Waals surface area contributed by atoms with Crippen LogP contribution in [0.3, 0.4) is 0 Å². The van der Waals surface area contributed by atoms with E-state index in [1.807, 2.05) is 12.1 Å². The van der Waals surface area contributed by atoms with E-state index in [1.165, 1.54) is 11.0 Å². The van der Waals surface area contributed by atoms with E-state index < -0.39 is 29.6 Å². The summed E-state index contributed by atoms with van der Waals surface area (Å²) in [5, 5.41) is 11.5. The van der Waals surface area contributed by atoms with E-state index in [0.717, 1.165) is 5.56 Å². The Balaban J connectivity index is 1.65. The number of rotatable bonds is 3. The minimum absolute atomic E-state index is 0.240. The molecular weight excluding hydrogens is 366 g/mol. The van der Waals surface area contributed by atoms with Crippen LogP contribution in [0.4, 0.5) is 5.69 Å². The fourth-order valence-corrected chi connectivity index (χ4v) is 4.26. The number of aliphatic hydroxyl groups is 1. The number of carbonyl (C=O) groups excluding carboxylic acids is 3. The molecule has 0 spiro atoms. The number of benzene rings is 2. The Labute approximate surface area is 161 Å². The second-order valence-electron chi connectivity index (χ2n) is 7.14. The maximum atomic E-state index is 12.9. The van der Waals surface area contributed by atoms with Crippen LogP contribution in [0, 0.1) is 5.92 Å². The van der Waals surface area contributed by atoms with Crippen molar-refractivity contribution in [3.8, 4) is 0 Å². The molecule has 0 fully saturated rings.